The lowest BCUT2D eigenvalue weighted by Gasteiger charge is -2.24. The van der Waals surface area contributed by atoms with Crippen LogP contribution < -0.4 is 5.73 Å². The molecule has 0 radical (unpaired) electrons. The second kappa shape index (κ2) is 6.45. The van der Waals surface area contributed by atoms with Crippen molar-refractivity contribution in [1.82, 2.24) is 25.1 Å². The van der Waals surface area contributed by atoms with Gasteiger partial charge in [-0.05, 0) is 17.6 Å². The molecule has 0 spiro atoms. The third-order valence-electron chi connectivity index (χ3n) is 4.13. The van der Waals surface area contributed by atoms with Crippen molar-refractivity contribution in [2.45, 2.75) is 32.4 Å². The van der Waals surface area contributed by atoms with Gasteiger partial charge in [0.15, 0.2) is 6.04 Å². The Labute approximate surface area is 135 Å². The predicted octanol–water partition coefficient (Wildman–Crippen LogP) is 1.10. The second-order valence-electron chi connectivity index (χ2n) is 6.32. The summed E-state index contributed by atoms with van der Waals surface area (Å²) >= 11 is 0. The van der Waals surface area contributed by atoms with Gasteiger partial charge in [-0.15, -0.1) is 10.2 Å². The fourth-order valence-corrected chi connectivity index (χ4v) is 2.87. The minimum absolute atomic E-state index is 0.0185. The Morgan fingerprint density at radius 2 is 2.04 bits per heavy atom. The molecule has 1 aromatic heterocycles. The number of amides is 1. The maximum absolute atomic E-state index is 12.8. The van der Waals surface area contributed by atoms with Gasteiger partial charge in [0.25, 0.3) is 0 Å². The highest BCUT2D eigenvalue weighted by molar-refractivity contribution is 5.80. The number of rotatable bonds is 4. The van der Waals surface area contributed by atoms with E-state index >= 15 is 0 Å². The summed E-state index contributed by atoms with van der Waals surface area (Å²) in [4.78, 5) is 16.1. The first-order chi connectivity index (χ1) is 11.1. The molecule has 1 fully saturated rings. The molecule has 7 heteroatoms. The van der Waals surface area contributed by atoms with Gasteiger partial charge < -0.3 is 10.6 Å². The fourth-order valence-electron chi connectivity index (χ4n) is 2.87. The summed E-state index contributed by atoms with van der Waals surface area (Å²) < 4.78 is 0. The van der Waals surface area contributed by atoms with Crippen molar-refractivity contribution < 1.29 is 4.79 Å². The maximum atomic E-state index is 12.8. The van der Waals surface area contributed by atoms with Crippen LogP contribution in [0.1, 0.15) is 26.3 Å². The van der Waals surface area contributed by atoms with Crippen LogP contribution in [0.5, 0.6) is 0 Å². The zero-order chi connectivity index (χ0) is 16.4. The Hall–Kier alpha value is -2.28. The van der Waals surface area contributed by atoms with Crippen molar-refractivity contribution in [3.8, 4) is 11.4 Å². The normalized spacial score (nSPS) is 19.3. The lowest BCUT2D eigenvalue weighted by atomic mass is 10.0. The first kappa shape index (κ1) is 15.6. The number of nitrogens with two attached hydrogens (primary N) is 1. The molecule has 0 bridgehead atoms. The first-order valence-corrected chi connectivity index (χ1v) is 7.95. The summed E-state index contributed by atoms with van der Waals surface area (Å²) in [5.41, 5.74) is 6.80. The van der Waals surface area contributed by atoms with Gasteiger partial charge in [0, 0.05) is 24.7 Å². The van der Waals surface area contributed by atoms with Crippen molar-refractivity contribution in [2.24, 2.45) is 11.7 Å². The maximum Gasteiger partial charge on any atom is 0.249 e. The summed E-state index contributed by atoms with van der Waals surface area (Å²) in [6, 6.07) is 9.24. The Kier molecular flexibility index (Phi) is 4.38. The molecular formula is C16H22N6O. The van der Waals surface area contributed by atoms with Gasteiger partial charge in [-0.2, -0.15) is 4.80 Å². The number of hydrogen-bond acceptors (Lipinski definition) is 5. The predicted molar refractivity (Wildman–Crippen MR) is 86.3 cm³/mol. The SMILES string of the molecule is CC(C)C(C(=O)N1CC[C@@H](N)C1)n1nnc(-c2ccccc2)n1. The zero-order valence-corrected chi connectivity index (χ0v) is 13.5. The fraction of sp³-hybridized carbons (Fsp3) is 0.500. The summed E-state index contributed by atoms with van der Waals surface area (Å²) in [6.07, 6.45) is 0.844. The van der Waals surface area contributed by atoms with Gasteiger partial charge in [0.2, 0.25) is 11.7 Å². The molecule has 1 aromatic carbocycles. The molecule has 1 aliphatic rings. The Balaban J connectivity index is 1.84. The van der Waals surface area contributed by atoms with Gasteiger partial charge in [-0.25, -0.2) is 0 Å². The standard InChI is InChI=1S/C16H22N6O/c1-11(2)14(16(23)21-9-8-13(17)10-21)22-19-15(18-20-22)12-6-4-3-5-7-12/h3-7,11,13-14H,8-10,17H2,1-2H3/t13-,14?/m1/s1. The largest absolute Gasteiger partial charge is 0.339 e. The van der Waals surface area contributed by atoms with E-state index in [0.29, 0.717) is 18.9 Å². The van der Waals surface area contributed by atoms with Crippen LogP contribution in [0.4, 0.5) is 0 Å². The lowest BCUT2D eigenvalue weighted by molar-refractivity contribution is -0.135. The average molecular weight is 314 g/mol. The summed E-state index contributed by atoms with van der Waals surface area (Å²) in [5.74, 6) is 0.615. The number of tetrazole rings is 1. The third-order valence-corrected chi connectivity index (χ3v) is 4.13. The topological polar surface area (TPSA) is 89.9 Å². The monoisotopic (exact) mass is 314 g/mol. The molecule has 7 nitrogen and oxygen atoms in total. The first-order valence-electron chi connectivity index (χ1n) is 7.95. The van der Waals surface area contributed by atoms with Crippen molar-refractivity contribution in [1.29, 1.82) is 0 Å². The molecule has 2 aromatic rings. The molecule has 0 saturated carbocycles. The molecule has 2 N–H and O–H groups in total. The minimum Gasteiger partial charge on any atom is -0.339 e. The van der Waals surface area contributed by atoms with E-state index in [9.17, 15) is 4.79 Å². The zero-order valence-electron chi connectivity index (χ0n) is 13.5. The van der Waals surface area contributed by atoms with Crippen LogP contribution in [0.25, 0.3) is 11.4 Å². The van der Waals surface area contributed by atoms with Gasteiger partial charge in [0.05, 0.1) is 0 Å². The molecule has 1 saturated heterocycles. The van der Waals surface area contributed by atoms with E-state index in [0.717, 1.165) is 12.0 Å². The quantitative estimate of drug-likeness (QED) is 0.912. The highest BCUT2D eigenvalue weighted by Gasteiger charge is 2.34. The van der Waals surface area contributed by atoms with Crippen molar-refractivity contribution in [3.05, 3.63) is 30.3 Å². The molecule has 0 aliphatic carbocycles. The van der Waals surface area contributed by atoms with Gasteiger partial charge in [-0.3, -0.25) is 4.79 Å². The average Bonchev–Trinajstić information content (AvgIpc) is 3.17. The van der Waals surface area contributed by atoms with E-state index in [4.69, 9.17) is 5.73 Å². The lowest BCUT2D eigenvalue weighted by Crippen LogP contribution is -2.40. The van der Waals surface area contributed by atoms with Crippen LogP contribution in [0, 0.1) is 5.92 Å². The number of carbonyl (C=O) groups excluding carboxylic acids is 1. The van der Waals surface area contributed by atoms with Gasteiger partial charge in [0.1, 0.15) is 0 Å². The highest BCUT2D eigenvalue weighted by atomic mass is 16.2. The van der Waals surface area contributed by atoms with E-state index in [1.165, 1.54) is 4.80 Å². The van der Waals surface area contributed by atoms with Crippen molar-refractivity contribution in [3.63, 3.8) is 0 Å². The number of nitrogens with zero attached hydrogens (tertiary/aromatic N) is 5. The van der Waals surface area contributed by atoms with Gasteiger partial charge in [-0.1, -0.05) is 44.2 Å². The number of hydrogen-bond donors (Lipinski definition) is 1. The Morgan fingerprint density at radius 1 is 1.30 bits per heavy atom. The third kappa shape index (κ3) is 3.24. The van der Waals surface area contributed by atoms with E-state index in [-0.39, 0.29) is 17.9 Å². The summed E-state index contributed by atoms with van der Waals surface area (Å²) in [5, 5.41) is 12.7. The van der Waals surface area contributed by atoms with Crippen molar-refractivity contribution >= 4 is 5.91 Å². The summed E-state index contributed by atoms with van der Waals surface area (Å²) in [7, 11) is 0. The molecule has 2 heterocycles. The molecular weight excluding hydrogens is 292 g/mol. The minimum atomic E-state index is -0.453. The van der Waals surface area contributed by atoms with Crippen LogP contribution in [-0.4, -0.2) is 50.1 Å². The molecule has 1 amide bonds. The molecule has 1 aliphatic heterocycles. The van der Waals surface area contributed by atoms with E-state index in [1.807, 2.05) is 44.2 Å². The van der Waals surface area contributed by atoms with E-state index < -0.39 is 6.04 Å². The number of benzene rings is 1. The smallest absolute Gasteiger partial charge is 0.249 e. The van der Waals surface area contributed by atoms with E-state index in [1.54, 1.807) is 4.90 Å². The number of carbonyl (C=O) groups is 1. The van der Waals surface area contributed by atoms with Gasteiger partial charge >= 0.3 is 0 Å². The van der Waals surface area contributed by atoms with Crippen LogP contribution in [0.3, 0.4) is 0 Å². The second-order valence-corrected chi connectivity index (χ2v) is 6.32. The Bertz CT molecular complexity index is 668. The molecule has 122 valence electrons. The summed E-state index contributed by atoms with van der Waals surface area (Å²) in [6.45, 7) is 5.28. The molecule has 2 atom stereocenters. The molecule has 3 rings (SSSR count). The van der Waals surface area contributed by atoms with Crippen LogP contribution in [0.2, 0.25) is 0 Å². The highest BCUT2D eigenvalue weighted by Crippen LogP contribution is 2.22. The van der Waals surface area contributed by atoms with Crippen LogP contribution in [-0.2, 0) is 4.79 Å². The molecule has 1 unspecified atom stereocenters. The van der Waals surface area contributed by atoms with Crippen LogP contribution in [0.15, 0.2) is 30.3 Å². The Morgan fingerprint density at radius 3 is 2.65 bits per heavy atom. The number of aromatic nitrogens is 4. The van der Waals surface area contributed by atoms with E-state index in [2.05, 4.69) is 15.4 Å². The molecule has 23 heavy (non-hydrogen) atoms. The van der Waals surface area contributed by atoms with Crippen LogP contribution >= 0.6 is 0 Å². The number of likely N-dealkylation sites (tertiary alicyclic amines) is 1. The van der Waals surface area contributed by atoms with Crippen molar-refractivity contribution in [2.75, 3.05) is 13.1 Å².